The molecule has 0 N–H and O–H groups in total. The molecule has 176 valence electrons. The van der Waals surface area contributed by atoms with Crippen LogP contribution in [0.5, 0.6) is 5.75 Å². The second-order valence-corrected chi connectivity index (χ2v) is 10.6. The normalized spacial score (nSPS) is 14.3. The van der Waals surface area contributed by atoms with Gasteiger partial charge in [0.1, 0.15) is 12.4 Å². The number of hydrogen-bond acceptors (Lipinski definition) is 4. The molecule has 1 aliphatic rings. The van der Waals surface area contributed by atoms with E-state index >= 15 is 0 Å². The maximum atomic E-state index is 6.04. The molecular formula is C30H34N2OS. The molecule has 0 spiro atoms. The van der Waals surface area contributed by atoms with Crippen LogP contribution in [-0.4, -0.2) is 50.1 Å². The van der Waals surface area contributed by atoms with Gasteiger partial charge in [-0.25, -0.2) is 0 Å². The molecule has 34 heavy (non-hydrogen) atoms. The van der Waals surface area contributed by atoms with Crippen molar-refractivity contribution in [1.82, 2.24) is 9.80 Å². The van der Waals surface area contributed by atoms with Crippen molar-refractivity contribution in [3.05, 3.63) is 89.5 Å². The van der Waals surface area contributed by atoms with E-state index in [0.29, 0.717) is 0 Å². The zero-order chi connectivity index (χ0) is 23.3. The summed E-state index contributed by atoms with van der Waals surface area (Å²) in [6.45, 7) is 5.19. The summed E-state index contributed by atoms with van der Waals surface area (Å²) in [6.07, 6.45) is 3.59. The third-order valence-corrected chi connectivity index (χ3v) is 7.85. The summed E-state index contributed by atoms with van der Waals surface area (Å²) >= 11 is 1.89. The third kappa shape index (κ3) is 5.52. The Kier molecular flexibility index (Phi) is 7.29. The second-order valence-electron chi connectivity index (χ2n) is 9.56. The molecular weight excluding hydrogens is 436 g/mol. The SMILES string of the molecule is CN(C)Cc1ccc(Cc2c(-c3ccc(OCCN4CCCC4)cc3)sc3ccccc23)cc1. The Labute approximate surface area is 207 Å². The molecule has 0 radical (unpaired) electrons. The number of likely N-dealkylation sites (tertiary alicyclic amines) is 1. The summed E-state index contributed by atoms with van der Waals surface area (Å²) in [4.78, 5) is 6.06. The Hall–Kier alpha value is -2.66. The number of hydrogen-bond donors (Lipinski definition) is 0. The zero-order valence-corrected chi connectivity index (χ0v) is 21.1. The lowest BCUT2D eigenvalue weighted by Gasteiger charge is -2.15. The molecule has 1 saturated heterocycles. The van der Waals surface area contributed by atoms with Crippen LogP contribution in [0.15, 0.2) is 72.8 Å². The van der Waals surface area contributed by atoms with Gasteiger partial charge in [-0.05, 0) is 104 Å². The van der Waals surface area contributed by atoms with Crippen LogP contribution in [0.1, 0.15) is 29.5 Å². The minimum absolute atomic E-state index is 0.761. The molecule has 4 aromatic rings. The van der Waals surface area contributed by atoms with Gasteiger partial charge in [-0.15, -0.1) is 11.3 Å². The van der Waals surface area contributed by atoms with Gasteiger partial charge in [0.2, 0.25) is 0 Å². The molecule has 0 amide bonds. The van der Waals surface area contributed by atoms with Gasteiger partial charge in [0.05, 0.1) is 0 Å². The number of rotatable bonds is 9. The molecule has 4 heteroatoms. The van der Waals surface area contributed by atoms with E-state index in [1.165, 1.54) is 63.1 Å². The molecule has 5 rings (SSSR count). The Balaban J connectivity index is 1.35. The van der Waals surface area contributed by atoms with Gasteiger partial charge in [0.15, 0.2) is 0 Å². The number of benzene rings is 3. The lowest BCUT2D eigenvalue weighted by Crippen LogP contribution is -2.25. The van der Waals surface area contributed by atoms with Crippen LogP contribution in [0.2, 0.25) is 0 Å². The van der Waals surface area contributed by atoms with Crippen molar-refractivity contribution >= 4 is 21.4 Å². The topological polar surface area (TPSA) is 15.7 Å². The van der Waals surface area contributed by atoms with Crippen molar-refractivity contribution in [3.8, 4) is 16.2 Å². The summed E-state index contributed by atoms with van der Waals surface area (Å²) in [6, 6.07) is 26.6. The first-order valence-corrected chi connectivity index (χ1v) is 13.2. The van der Waals surface area contributed by atoms with E-state index in [9.17, 15) is 0 Å². The van der Waals surface area contributed by atoms with Gasteiger partial charge < -0.3 is 9.64 Å². The predicted octanol–water partition coefficient (Wildman–Crippen LogP) is 6.70. The van der Waals surface area contributed by atoms with Gasteiger partial charge >= 0.3 is 0 Å². The number of ether oxygens (including phenoxy) is 1. The average molecular weight is 471 g/mol. The molecule has 1 fully saturated rings. The highest BCUT2D eigenvalue weighted by molar-refractivity contribution is 7.22. The highest BCUT2D eigenvalue weighted by atomic mass is 32.1. The Morgan fingerprint density at radius 1 is 0.853 bits per heavy atom. The smallest absolute Gasteiger partial charge is 0.119 e. The minimum atomic E-state index is 0.761. The van der Waals surface area contributed by atoms with E-state index in [0.717, 1.165) is 31.9 Å². The van der Waals surface area contributed by atoms with Crippen molar-refractivity contribution in [2.24, 2.45) is 0 Å². The van der Waals surface area contributed by atoms with E-state index in [1.807, 2.05) is 11.3 Å². The van der Waals surface area contributed by atoms with Crippen molar-refractivity contribution in [2.75, 3.05) is 40.3 Å². The van der Waals surface area contributed by atoms with E-state index in [-0.39, 0.29) is 0 Å². The highest BCUT2D eigenvalue weighted by Gasteiger charge is 2.15. The number of fused-ring (bicyclic) bond motifs is 1. The Morgan fingerprint density at radius 2 is 1.56 bits per heavy atom. The molecule has 3 nitrogen and oxygen atoms in total. The monoisotopic (exact) mass is 470 g/mol. The molecule has 2 heterocycles. The fourth-order valence-electron chi connectivity index (χ4n) is 4.84. The van der Waals surface area contributed by atoms with Gasteiger partial charge in [0, 0.05) is 22.7 Å². The molecule has 3 aromatic carbocycles. The molecule has 0 saturated carbocycles. The first-order chi connectivity index (χ1) is 16.7. The van der Waals surface area contributed by atoms with Crippen molar-refractivity contribution in [2.45, 2.75) is 25.8 Å². The maximum Gasteiger partial charge on any atom is 0.119 e. The van der Waals surface area contributed by atoms with E-state index in [2.05, 4.69) is 96.7 Å². The van der Waals surface area contributed by atoms with Crippen LogP contribution in [-0.2, 0) is 13.0 Å². The van der Waals surface area contributed by atoms with Crippen LogP contribution >= 0.6 is 11.3 Å². The first kappa shape index (κ1) is 23.1. The van der Waals surface area contributed by atoms with Crippen LogP contribution in [0, 0.1) is 0 Å². The standard InChI is InChI=1S/C30H34N2OS/c1-31(2)22-24-11-9-23(10-12-24)21-28-27-7-3-4-8-29(27)34-30(28)25-13-15-26(16-14-25)33-20-19-32-17-5-6-18-32/h3-4,7-16H,5-6,17-22H2,1-2H3. The van der Waals surface area contributed by atoms with E-state index in [4.69, 9.17) is 4.74 Å². The van der Waals surface area contributed by atoms with Crippen molar-refractivity contribution in [1.29, 1.82) is 0 Å². The summed E-state index contributed by atoms with van der Waals surface area (Å²) in [5.41, 5.74) is 5.40. The highest BCUT2D eigenvalue weighted by Crippen LogP contribution is 2.40. The Bertz CT molecular complexity index is 1210. The number of nitrogens with zero attached hydrogens (tertiary/aromatic N) is 2. The first-order valence-electron chi connectivity index (χ1n) is 12.3. The van der Waals surface area contributed by atoms with Gasteiger partial charge in [-0.1, -0.05) is 42.5 Å². The van der Waals surface area contributed by atoms with Gasteiger partial charge in [-0.3, -0.25) is 4.90 Å². The summed E-state index contributed by atoms with van der Waals surface area (Å²) < 4.78 is 7.39. The van der Waals surface area contributed by atoms with Crippen molar-refractivity contribution in [3.63, 3.8) is 0 Å². The molecule has 0 bridgehead atoms. The molecule has 1 aromatic heterocycles. The minimum Gasteiger partial charge on any atom is -0.492 e. The van der Waals surface area contributed by atoms with E-state index < -0.39 is 0 Å². The van der Waals surface area contributed by atoms with Crippen LogP contribution in [0.25, 0.3) is 20.5 Å². The second kappa shape index (κ2) is 10.7. The summed E-state index contributed by atoms with van der Waals surface area (Å²) in [5, 5.41) is 1.37. The maximum absolute atomic E-state index is 6.04. The fraction of sp³-hybridized carbons (Fsp3) is 0.333. The lowest BCUT2D eigenvalue weighted by molar-refractivity contribution is 0.238. The molecule has 0 unspecified atom stereocenters. The lowest BCUT2D eigenvalue weighted by atomic mass is 9.98. The van der Waals surface area contributed by atoms with Crippen LogP contribution in [0.4, 0.5) is 0 Å². The van der Waals surface area contributed by atoms with Gasteiger partial charge in [-0.2, -0.15) is 0 Å². The summed E-state index contributed by atoms with van der Waals surface area (Å²) in [5.74, 6) is 0.960. The Morgan fingerprint density at radius 3 is 2.29 bits per heavy atom. The fourth-order valence-corrected chi connectivity index (χ4v) is 6.07. The van der Waals surface area contributed by atoms with Gasteiger partial charge in [0.25, 0.3) is 0 Å². The third-order valence-electron chi connectivity index (χ3n) is 6.59. The van der Waals surface area contributed by atoms with Crippen molar-refractivity contribution < 1.29 is 4.74 Å². The predicted molar refractivity (Wildman–Crippen MR) is 145 cm³/mol. The zero-order valence-electron chi connectivity index (χ0n) is 20.3. The molecule has 0 atom stereocenters. The van der Waals surface area contributed by atoms with Crippen LogP contribution < -0.4 is 4.74 Å². The molecule has 1 aliphatic heterocycles. The van der Waals surface area contributed by atoms with E-state index in [1.54, 1.807) is 0 Å². The number of thiophene rings is 1. The molecule has 0 aliphatic carbocycles. The van der Waals surface area contributed by atoms with Crippen LogP contribution in [0.3, 0.4) is 0 Å². The largest absolute Gasteiger partial charge is 0.492 e. The quantitative estimate of drug-likeness (QED) is 0.271. The summed E-state index contributed by atoms with van der Waals surface area (Å²) in [7, 11) is 4.23. The average Bonchev–Trinajstić information content (AvgIpc) is 3.49.